The fourth-order valence-electron chi connectivity index (χ4n) is 8.85. The summed E-state index contributed by atoms with van der Waals surface area (Å²) in [5.41, 5.74) is 21.5. The Morgan fingerprint density at radius 2 is 0.855 bits per heavy atom. The number of aromatic nitrogens is 2. The highest BCUT2D eigenvalue weighted by atomic mass is 16.2. The molecule has 0 bridgehead atoms. The van der Waals surface area contributed by atoms with E-state index in [0.29, 0.717) is 83.7 Å². The molecule has 0 saturated heterocycles. The summed E-state index contributed by atoms with van der Waals surface area (Å²) < 4.78 is 0. The van der Waals surface area contributed by atoms with Crippen LogP contribution >= 0.6 is 0 Å². The number of para-hydroxylation sites is 2. The fourth-order valence-corrected chi connectivity index (χ4v) is 8.85. The zero-order valence-electron chi connectivity index (χ0n) is 41.5. The van der Waals surface area contributed by atoms with E-state index in [0.717, 1.165) is 65.0 Å². The Morgan fingerprint density at radius 1 is 0.478 bits per heavy atom. The predicted octanol–water partition coefficient (Wildman–Crippen LogP) is 5.75. The summed E-state index contributed by atoms with van der Waals surface area (Å²) in [7, 11) is 0. The van der Waals surface area contributed by atoms with Crippen LogP contribution in [0.1, 0.15) is 147 Å². The molecule has 0 saturated carbocycles. The van der Waals surface area contributed by atoms with Crippen LogP contribution in [0.25, 0.3) is 21.8 Å². The summed E-state index contributed by atoms with van der Waals surface area (Å²) in [5, 5.41) is 17.8. The molecule has 16 nitrogen and oxygen atoms in total. The number of hydrogen-bond acceptors (Lipinski definition) is 9. The van der Waals surface area contributed by atoms with E-state index in [9.17, 15) is 28.8 Å². The van der Waals surface area contributed by atoms with Crippen LogP contribution in [0, 0.1) is 0 Å². The molecule has 2 heterocycles. The molecular weight excluding hydrogens is 873 g/mol. The molecule has 0 aliphatic heterocycles. The summed E-state index contributed by atoms with van der Waals surface area (Å²) in [5.74, 6) is -0.604. The third-order valence-corrected chi connectivity index (χ3v) is 12.8. The average molecular weight is 955 g/mol. The number of aromatic amines is 2. The van der Waals surface area contributed by atoms with E-state index in [2.05, 4.69) is 36.6 Å². The maximum absolute atomic E-state index is 13.5. The van der Waals surface area contributed by atoms with Crippen molar-refractivity contribution < 1.29 is 28.8 Å². The van der Waals surface area contributed by atoms with Gasteiger partial charge in [0.1, 0.15) is 5.78 Å². The number of ketones is 1. The van der Waals surface area contributed by atoms with Crippen molar-refractivity contribution in [3.63, 3.8) is 0 Å². The lowest BCUT2D eigenvalue weighted by Crippen LogP contribution is -2.41. The highest BCUT2D eigenvalue weighted by molar-refractivity contribution is 5.85. The molecule has 0 aliphatic carbocycles. The molecule has 4 rings (SSSR count). The van der Waals surface area contributed by atoms with Crippen molar-refractivity contribution in [2.45, 2.75) is 185 Å². The van der Waals surface area contributed by atoms with Crippen molar-refractivity contribution in [1.29, 1.82) is 0 Å². The third kappa shape index (κ3) is 21.7. The number of H-pyrrole nitrogens is 2. The van der Waals surface area contributed by atoms with E-state index in [1.165, 1.54) is 0 Å². The van der Waals surface area contributed by atoms with Crippen LogP contribution in [0.15, 0.2) is 60.9 Å². The summed E-state index contributed by atoms with van der Waals surface area (Å²) in [4.78, 5) is 84.7. The Balaban J connectivity index is 1.27. The highest BCUT2D eigenvalue weighted by Gasteiger charge is 2.22. The molecule has 13 N–H and O–H groups in total. The van der Waals surface area contributed by atoms with Crippen molar-refractivity contribution in [3.05, 3.63) is 72.1 Å². The van der Waals surface area contributed by atoms with Gasteiger partial charge >= 0.3 is 0 Å². The number of Topliss-reactive ketones (excluding diaryl/α,β-unsaturated/α-hetero) is 1. The Kier molecular flexibility index (Phi) is 25.0. The Bertz CT molecular complexity index is 2200. The van der Waals surface area contributed by atoms with Crippen molar-refractivity contribution in [3.8, 4) is 0 Å². The van der Waals surface area contributed by atoms with E-state index >= 15 is 0 Å². The average Bonchev–Trinajstić information content (AvgIpc) is 3.93. The van der Waals surface area contributed by atoms with Gasteiger partial charge in [-0.1, -0.05) is 49.2 Å². The van der Waals surface area contributed by atoms with Gasteiger partial charge in [-0.25, -0.2) is 0 Å². The number of nitrogens with one attached hydrogen (secondary N) is 7. The molecule has 0 spiro atoms. The second-order valence-electron chi connectivity index (χ2n) is 19.1. The lowest BCUT2D eigenvalue weighted by atomic mass is 9.99. The lowest BCUT2D eigenvalue weighted by Gasteiger charge is -2.22. The standard InChI is InChI=1S/C53H82N10O6/c1-36(56)18-25-50(66)60-41(12-8-10-30-54)22-28-53(69)63-44(33-40-35-58-48-17-7-5-15-46(40)48)24-29-49(65)59-37(2)19-26-51(67)61-42(13-9-11-31-55)23-27-52(68)62-43(21-20-38(3)64)32-39-34-57-47-16-6-4-14-45(39)47/h4-7,14-17,34-37,41-44,57-58H,8-13,18-33,54-56H2,1-3H3,(H,59,65)(H,60,66)(H,61,67)(H,62,68)(H,63,69)/t36-,37-,41-,42-,43+,44+/m0/s1. The van der Waals surface area contributed by atoms with Crippen LogP contribution in [0.5, 0.6) is 0 Å². The molecule has 0 aliphatic rings. The first kappa shape index (κ1) is 56.0. The van der Waals surface area contributed by atoms with Crippen LogP contribution in [0.2, 0.25) is 0 Å². The zero-order chi connectivity index (χ0) is 50.0. The SMILES string of the molecule is CC(=O)CC[C@H](Cc1c[nH]c2ccccc12)NC(=O)CC[C@H](CCCCN)NC(=O)CC[C@H](C)NC(=O)CC[C@H](Cc1c[nH]c2ccccc12)NC(=O)CC[C@H](CCCCN)NC(=O)CC[C@H](C)N. The number of carbonyl (C=O) groups is 6. The Labute approximate surface area is 409 Å². The van der Waals surface area contributed by atoms with E-state index in [-0.39, 0.29) is 97.3 Å². The van der Waals surface area contributed by atoms with E-state index in [4.69, 9.17) is 17.2 Å². The van der Waals surface area contributed by atoms with Crippen molar-refractivity contribution in [2.75, 3.05) is 13.1 Å². The maximum Gasteiger partial charge on any atom is 0.220 e. The van der Waals surface area contributed by atoms with Crippen LogP contribution in [0.4, 0.5) is 0 Å². The molecule has 4 aromatic rings. The first-order valence-corrected chi connectivity index (χ1v) is 25.4. The van der Waals surface area contributed by atoms with Gasteiger partial charge in [0.15, 0.2) is 0 Å². The van der Waals surface area contributed by atoms with Gasteiger partial charge in [0, 0.05) is 109 Å². The van der Waals surface area contributed by atoms with Crippen molar-refractivity contribution in [1.82, 2.24) is 36.6 Å². The van der Waals surface area contributed by atoms with Gasteiger partial charge in [-0.2, -0.15) is 0 Å². The molecule has 0 radical (unpaired) electrons. The van der Waals surface area contributed by atoms with Gasteiger partial charge in [0.25, 0.3) is 0 Å². The Morgan fingerprint density at radius 3 is 1.29 bits per heavy atom. The summed E-state index contributed by atoms with van der Waals surface area (Å²) >= 11 is 0. The second-order valence-corrected chi connectivity index (χ2v) is 19.1. The normalized spacial score (nSPS) is 14.1. The van der Waals surface area contributed by atoms with Crippen LogP contribution in [-0.4, -0.2) is 94.6 Å². The molecule has 5 amide bonds. The van der Waals surface area contributed by atoms with Crippen LogP contribution in [-0.2, 0) is 41.6 Å². The number of hydrogen-bond donors (Lipinski definition) is 10. The molecule has 0 unspecified atom stereocenters. The lowest BCUT2D eigenvalue weighted by molar-refractivity contribution is -0.125. The quantitative estimate of drug-likeness (QED) is 0.0251. The fraction of sp³-hybridized carbons (Fsp3) is 0.585. The molecule has 69 heavy (non-hydrogen) atoms. The minimum Gasteiger partial charge on any atom is -0.361 e. The maximum atomic E-state index is 13.5. The van der Waals surface area contributed by atoms with Crippen LogP contribution < -0.4 is 43.8 Å². The molecule has 6 atom stereocenters. The zero-order valence-corrected chi connectivity index (χ0v) is 41.5. The van der Waals surface area contributed by atoms with Gasteiger partial charge in [-0.05, 0) is 134 Å². The van der Waals surface area contributed by atoms with Gasteiger partial charge in [-0.3, -0.25) is 24.0 Å². The van der Waals surface area contributed by atoms with Gasteiger partial charge in [-0.15, -0.1) is 0 Å². The first-order chi connectivity index (χ1) is 33.2. The summed E-state index contributed by atoms with van der Waals surface area (Å²) in [6, 6.07) is 14.7. The molecule has 380 valence electrons. The molecule has 2 aromatic heterocycles. The van der Waals surface area contributed by atoms with E-state index < -0.39 is 0 Å². The smallest absolute Gasteiger partial charge is 0.220 e. The number of carbonyl (C=O) groups excluding carboxylic acids is 6. The van der Waals surface area contributed by atoms with Gasteiger partial charge in [0.2, 0.25) is 29.5 Å². The van der Waals surface area contributed by atoms with Gasteiger partial charge in [0.05, 0.1) is 0 Å². The minimum atomic E-state index is -0.330. The van der Waals surface area contributed by atoms with E-state index in [1.54, 1.807) is 6.92 Å². The second kappa shape index (κ2) is 30.8. The topological polar surface area (TPSA) is 272 Å². The number of rotatable bonds is 35. The minimum absolute atomic E-state index is 0.0705. The molecule has 0 fully saturated rings. The number of unbranched alkanes of at least 4 members (excludes halogenated alkanes) is 2. The number of fused-ring (bicyclic) bond motifs is 2. The first-order valence-electron chi connectivity index (χ1n) is 25.4. The van der Waals surface area contributed by atoms with Crippen molar-refractivity contribution >= 4 is 57.1 Å². The summed E-state index contributed by atoms with van der Waals surface area (Å²) in [6.07, 6.45) is 14.1. The molecule has 16 heteroatoms. The molecule has 2 aromatic carbocycles. The highest BCUT2D eigenvalue weighted by Crippen LogP contribution is 2.22. The van der Waals surface area contributed by atoms with Gasteiger partial charge < -0.3 is 58.5 Å². The van der Waals surface area contributed by atoms with Crippen molar-refractivity contribution in [2.24, 2.45) is 17.2 Å². The van der Waals surface area contributed by atoms with Crippen LogP contribution in [0.3, 0.4) is 0 Å². The largest absolute Gasteiger partial charge is 0.361 e. The number of amides is 5. The summed E-state index contributed by atoms with van der Waals surface area (Å²) in [6.45, 7) is 6.40. The third-order valence-electron chi connectivity index (χ3n) is 12.8. The number of nitrogens with two attached hydrogens (primary N) is 3. The van der Waals surface area contributed by atoms with E-state index in [1.807, 2.05) is 74.8 Å². The number of benzene rings is 2. The monoisotopic (exact) mass is 955 g/mol. The predicted molar refractivity (Wildman–Crippen MR) is 275 cm³/mol. The molecular formula is C53H82N10O6. The Hall–Kier alpha value is -5.58.